The van der Waals surface area contributed by atoms with Gasteiger partial charge in [-0.1, -0.05) is 0 Å². The molecule has 0 spiro atoms. The SMILES string of the molecule is NCC1CCN(S(=O)(=O)c2ccc(F)cc2F)C1. The lowest BCUT2D eigenvalue weighted by molar-refractivity contribution is 0.452. The number of sulfonamides is 1. The number of hydrogen-bond acceptors (Lipinski definition) is 3. The number of nitrogens with two attached hydrogens (primary N) is 1. The molecule has 1 aromatic carbocycles. The second kappa shape index (κ2) is 4.91. The average molecular weight is 276 g/mol. The number of benzene rings is 1. The molecule has 1 saturated heterocycles. The summed E-state index contributed by atoms with van der Waals surface area (Å²) in [6.45, 7) is 1.01. The smallest absolute Gasteiger partial charge is 0.245 e. The molecular formula is C11H14F2N2O2S. The van der Waals surface area contributed by atoms with Gasteiger partial charge < -0.3 is 5.73 Å². The normalized spacial score (nSPS) is 21.4. The predicted octanol–water partition coefficient (Wildman–Crippen LogP) is 0.934. The van der Waals surface area contributed by atoms with Crippen LogP contribution in [0.15, 0.2) is 23.1 Å². The van der Waals surface area contributed by atoms with Gasteiger partial charge in [-0.15, -0.1) is 0 Å². The largest absolute Gasteiger partial charge is 0.330 e. The first kappa shape index (κ1) is 13.4. The van der Waals surface area contributed by atoms with Crippen molar-refractivity contribution >= 4 is 10.0 Å². The van der Waals surface area contributed by atoms with E-state index in [9.17, 15) is 17.2 Å². The van der Waals surface area contributed by atoms with E-state index >= 15 is 0 Å². The van der Waals surface area contributed by atoms with E-state index in [2.05, 4.69) is 0 Å². The minimum absolute atomic E-state index is 0.100. The third kappa shape index (κ3) is 2.38. The van der Waals surface area contributed by atoms with Gasteiger partial charge in [-0.3, -0.25) is 0 Å². The fourth-order valence-corrected chi connectivity index (χ4v) is 3.61. The molecule has 1 heterocycles. The molecule has 0 aromatic heterocycles. The monoisotopic (exact) mass is 276 g/mol. The van der Waals surface area contributed by atoms with Crippen molar-refractivity contribution in [1.82, 2.24) is 4.31 Å². The lowest BCUT2D eigenvalue weighted by Gasteiger charge is -2.16. The molecule has 0 radical (unpaired) electrons. The Morgan fingerprint density at radius 1 is 1.39 bits per heavy atom. The van der Waals surface area contributed by atoms with Crippen LogP contribution < -0.4 is 5.73 Å². The average Bonchev–Trinajstić information content (AvgIpc) is 2.77. The summed E-state index contributed by atoms with van der Waals surface area (Å²) in [7, 11) is -3.89. The first-order chi connectivity index (χ1) is 8.45. The quantitative estimate of drug-likeness (QED) is 0.893. The zero-order valence-electron chi connectivity index (χ0n) is 9.64. The van der Waals surface area contributed by atoms with Crippen LogP contribution in [0.3, 0.4) is 0 Å². The maximum Gasteiger partial charge on any atom is 0.245 e. The van der Waals surface area contributed by atoms with Crippen LogP contribution >= 0.6 is 0 Å². The second-order valence-electron chi connectivity index (χ2n) is 4.33. The van der Waals surface area contributed by atoms with Gasteiger partial charge in [0.2, 0.25) is 10.0 Å². The molecule has 2 N–H and O–H groups in total. The van der Waals surface area contributed by atoms with Crippen LogP contribution in [-0.2, 0) is 10.0 Å². The maximum absolute atomic E-state index is 13.5. The molecule has 1 fully saturated rings. The molecule has 1 aliphatic heterocycles. The molecule has 0 aliphatic carbocycles. The highest BCUT2D eigenvalue weighted by Crippen LogP contribution is 2.25. The van der Waals surface area contributed by atoms with E-state index in [1.165, 1.54) is 4.31 Å². The summed E-state index contributed by atoms with van der Waals surface area (Å²) in [5.41, 5.74) is 5.48. The molecule has 1 aromatic rings. The van der Waals surface area contributed by atoms with Gasteiger partial charge in [-0.2, -0.15) is 4.31 Å². The summed E-state index contributed by atoms with van der Waals surface area (Å²) >= 11 is 0. The Morgan fingerprint density at radius 2 is 2.11 bits per heavy atom. The Hall–Kier alpha value is -1.05. The molecule has 4 nitrogen and oxygen atoms in total. The summed E-state index contributed by atoms with van der Waals surface area (Å²) in [5, 5.41) is 0. The molecule has 1 atom stereocenters. The van der Waals surface area contributed by atoms with E-state index < -0.39 is 26.6 Å². The summed E-state index contributed by atoms with van der Waals surface area (Å²) in [6, 6.07) is 2.46. The number of hydrogen-bond donors (Lipinski definition) is 1. The first-order valence-electron chi connectivity index (χ1n) is 5.60. The van der Waals surface area contributed by atoms with E-state index in [4.69, 9.17) is 5.73 Å². The Morgan fingerprint density at radius 3 is 2.67 bits per heavy atom. The molecule has 2 rings (SSSR count). The second-order valence-corrected chi connectivity index (χ2v) is 6.23. The number of rotatable bonds is 3. The van der Waals surface area contributed by atoms with Gasteiger partial charge >= 0.3 is 0 Å². The van der Waals surface area contributed by atoms with Crippen molar-refractivity contribution < 1.29 is 17.2 Å². The van der Waals surface area contributed by atoms with E-state index in [1.54, 1.807) is 0 Å². The van der Waals surface area contributed by atoms with Crippen LogP contribution in [-0.4, -0.2) is 32.4 Å². The highest BCUT2D eigenvalue weighted by Gasteiger charge is 2.33. The first-order valence-corrected chi connectivity index (χ1v) is 7.04. The lowest BCUT2D eigenvalue weighted by atomic mass is 10.1. The molecule has 0 saturated carbocycles. The number of nitrogens with zero attached hydrogens (tertiary/aromatic N) is 1. The Bertz CT molecular complexity index is 548. The zero-order valence-corrected chi connectivity index (χ0v) is 10.5. The van der Waals surface area contributed by atoms with Crippen LogP contribution in [0, 0.1) is 17.6 Å². The van der Waals surface area contributed by atoms with Crippen molar-refractivity contribution in [2.45, 2.75) is 11.3 Å². The summed E-state index contributed by atoms with van der Waals surface area (Å²) in [4.78, 5) is -0.485. The van der Waals surface area contributed by atoms with E-state index in [0.29, 0.717) is 25.6 Å². The highest BCUT2D eigenvalue weighted by molar-refractivity contribution is 7.89. The van der Waals surface area contributed by atoms with Crippen molar-refractivity contribution in [2.24, 2.45) is 11.7 Å². The van der Waals surface area contributed by atoms with E-state index in [1.807, 2.05) is 0 Å². The minimum Gasteiger partial charge on any atom is -0.330 e. The highest BCUT2D eigenvalue weighted by atomic mass is 32.2. The van der Waals surface area contributed by atoms with E-state index in [-0.39, 0.29) is 12.5 Å². The van der Waals surface area contributed by atoms with Gasteiger partial charge in [0.25, 0.3) is 0 Å². The molecule has 0 bridgehead atoms. The summed E-state index contributed by atoms with van der Waals surface area (Å²) in [6.07, 6.45) is 0.665. The molecule has 18 heavy (non-hydrogen) atoms. The topological polar surface area (TPSA) is 63.4 Å². The molecule has 7 heteroatoms. The van der Waals surface area contributed by atoms with Gasteiger partial charge in [0.1, 0.15) is 16.5 Å². The fourth-order valence-electron chi connectivity index (χ4n) is 2.03. The molecule has 1 aliphatic rings. The molecular weight excluding hydrogens is 262 g/mol. The van der Waals surface area contributed by atoms with Crippen molar-refractivity contribution in [3.63, 3.8) is 0 Å². The molecule has 1 unspecified atom stereocenters. The van der Waals surface area contributed by atoms with Gasteiger partial charge in [0.05, 0.1) is 0 Å². The third-order valence-electron chi connectivity index (χ3n) is 3.09. The Kier molecular flexibility index (Phi) is 3.65. The van der Waals surface area contributed by atoms with Crippen LogP contribution in [0.1, 0.15) is 6.42 Å². The Labute approximate surface area is 104 Å². The van der Waals surface area contributed by atoms with Gasteiger partial charge in [-0.25, -0.2) is 17.2 Å². The summed E-state index contributed by atoms with van der Waals surface area (Å²) < 4.78 is 51.8. The van der Waals surface area contributed by atoms with Crippen molar-refractivity contribution in [2.75, 3.05) is 19.6 Å². The summed E-state index contributed by atoms with van der Waals surface area (Å²) in [5.74, 6) is -1.76. The van der Waals surface area contributed by atoms with Crippen molar-refractivity contribution in [3.8, 4) is 0 Å². The van der Waals surface area contributed by atoms with Crippen molar-refractivity contribution in [3.05, 3.63) is 29.8 Å². The fraction of sp³-hybridized carbons (Fsp3) is 0.455. The van der Waals surface area contributed by atoms with Crippen LogP contribution in [0.4, 0.5) is 8.78 Å². The van der Waals surface area contributed by atoms with Gasteiger partial charge in [0, 0.05) is 19.2 Å². The zero-order chi connectivity index (χ0) is 13.3. The van der Waals surface area contributed by atoms with E-state index in [0.717, 1.165) is 12.1 Å². The van der Waals surface area contributed by atoms with Crippen molar-refractivity contribution in [1.29, 1.82) is 0 Å². The third-order valence-corrected chi connectivity index (χ3v) is 4.99. The molecule has 0 amide bonds. The van der Waals surface area contributed by atoms with Gasteiger partial charge in [-0.05, 0) is 31.0 Å². The Balaban J connectivity index is 2.31. The molecule has 100 valence electrons. The van der Waals surface area contributed by atoms with Gasteiger partial charge in [0.15, 0.2) is 0 Å². The van der Waals surface area contributed by atoms with Crippen LogP contribution in [0.25, 0.3) is 0 Å². The number of halogens is 2. The van der Waals surface area contributed by atoms with Crippen LogP contribution in [0.5, 0.6) is 0 Å². The standard InChI is InChI=1S/C11H14F2N2O2S/c12-9-1-2-11(10(13)5-9)18(16,17)15-4-3-8(6-14)7-15/h1-2,5,8H,3-4,6-7,14H2. The minimum atomic E-state index is -3.89. The lowest BCUT2D eigenvalue weighted by Crippen LogP contribution is -2.30. The van der Waals surface area contributed by atoms with Crippen LogP contribution in [0.2, 0.25) is 0 Å². The predicted molar refractivity (Wildman–Crippen MR) is 62.3 cm³/mol. The maximum atomic E-state index is 13.5.